The Labute approximate surface area is 144 Å². The highest BCUT2D eigenvalue weighted by Crippen LogP contribution is 2.13. The molecule has 1 aromatic carbocycles. The number of benzene rings is 1. The third kappa shape index (κ3) is 5.22. The van der Waals surface area contributed by atoms with E-state index >= 15 is 0 Å². The molecule has 0 bridgehead atoms. The van der Waals surface area contributed by atoms with Crippen LogP contribution in [-0.4, -0.2) is 21.9 Å². The number of unbranched alkanes of at least 4 members (excludes halogenated alkanes) is 2. The standard InChI is InChI=1S/C20H27FN2O/c1-3-5-6-13-23(20(24)4-2)16-19-8-7-14-22(19)15-17-9-11-18(21)12-10-17/h7-12,14H,3-6,13,15-16H2,1-2H3. The van der Waals surface area contributed by atoms with Crippen LogP contribution in [0, 0.1) is 5.82 Å². The molecule has 0 fully saturated rings. The number of carbonyl (C=O) groups is 1. The van der Waals surface area contributed by atoms with E-state index in [1.807, 2.05) is 24.1 Å². The fourth-order valence-corrected chi connectivity index (χ4v) is 2.80. The minimum absolute atomic E-state index is 0.195. The Hall–Kier alpha value is -2.10. The van der Waals surface area contributed by atoms with E-state index in [0.29, 0.717) is 19.5 Å². The van der Waals surface area contributed by atoms with E-state index in [1.54, 1.807) is 12.1 Å². The van der Waals surface area contributed by atoms with Crippen LogP contribution < -0.4 is 0 Å². The van der Waals surface area contributed by atoms with E-state index in [1.165, 1.54) is 12.1 Å². The van der Waals surface area contributed by atoms with Crippen molar-refractivity contribution in [2.75, 3.05) is 6.54 Å². The monoisotopic (exact) mass is 330 g/mol. The molecule has 24 heavy (non-hydrogen) atoms. The van der Waals surface area contributed by atoms with E-state index < -0.39 is 0 Å². The minimum atomic E-state index is -0.220. The molecule has 1 amide bonds. The first-order valence-electron chi connectivity index (χ1n) is 8.80. The van der Waals surface area contributed by atoms with Crippen molar-refractivity contribution in [3.8, 4) is 0 Å². The molecular weight excluding hydrogens is 303 g/mol. The van der Waals surface area contributed by atoms with Crippen molar-refractivity contribution in [1.82, 2.24) is 9.47 Å². The summed E-state index contributed by atoms with van der Waals surface area (Å²) in [7, 11) is 0. The number of nitrogens with zero attached hydrogens (tertiary/aromatic N) is 2. The van der Waals surface area contributed by atoms with Gasteiger partial charge in [0.25, 0.3) is 0 Å². The maximum absolute atomic E-state index is 13.0. The molecule has 3 nitrogen and oxygen atoms in total. The van der Waals surface area contributed by atoms with Crippen molar-refractivity contribution < 1.29 is 9.18 Å². The van der Waals surface area contributed by atoms with Crippen LogP contribution >= 0.6 is 0 Å². The van der Waals surface area contributed by atoms with Gasteiger partial charge in [-0.3, -0.25) is 4.79 Å². The number of aromatic nitrogens is 1. The molecule has 2 aromatic rings. The summed E-state index contributed by atoms with van der Waals surface area (Å²) in [5.74, 6) is -0.0252. The van der Waals surface area contributed by atoms with Crippen LogP contribution in [0.2, 0.25) is 0 Å². The Kier molecular flexibility index (Phi) is 7.04. The molecular formula is C20H27FN2O. The smallest absolute Gasteiger partial charge is 0.222 e. The summed E-state index contributed by atoms with van der Waals surface area (Å²) in [5.41, 5.74) is 2.16. The summed E-state index contributed by atoms with van der Waals surface area (Å²) >= 11 is 0. The highest BCUT2D eigenvalue weighted by Gasteiger charge is 2.13. The van der Waals surface area contributed by atoms with Gasteiger partial charge in [-0.25, -0.2) is 4.39 Å². The summed E-state index contributed by atoms with van der Waals surface area (Å²) in [4.78, 5) is 14.2. The highest BCUT2D eigenvalue weighted by molar-refractivity contribution is 5.75. The summed E-state index contributed by atoms with van der Waals surface area (Å²) in [6.45, 7) is 6.20. The Morgan fingerprint density at radius 2 is 1.88 bits per heavy atom. The Morgan fingerprint density at radius 3 is 2.54 bits per heavy atom. The number of hydrogen-bond donors (Lipinski definition) is 0. The van der Waals surface area contributed by atoms with Gasteiger partial charge < -0.3 is 9.47 Å². The molecule has 0 radical (unpaired) electrons. The maximum atomic E-state index is 13.0. The van der Waals surface area contributed by atoms with Crippen LogP contribution in [0.4, 0.5) is 4.39 Å². The second-order valence-electron chi connectivity index (χ2n) is 6.13. The van der Waals surface area contributed by atoms with Gasteiger partial charge in [-0.2, -0.15) is 0 Å². The number of halogens is 1. The quantitative estimate of drug-likeness (QED) is 0.617. The summed E-state index contributed by atoms with van der Waals surface area (Å²) in [5, 5.41) is 0. The molecule has 4 heteroatoms. The maximum Gasteiger partial charge on any atom is 0.222 e. The van der Waals surface area contributed by atoms with Gasteiger partial charge in [0.15, 0.2) is 0 Å². The Bertz CT molecular complexity index is 633. The lowest BCUT2D eigenvalue weighted by atomic mass is 10.2. The summed E-state index contributed by atoms with van der Waals surface area (Å²) in [6, 6.07) is 10.6. The molecule has 0 saturated carbocycles. The van der Waals surface area contributed by atoms with Gasteiger partial charge in [-0.05, 0) is 36.2 Å². The number of hydrogen-bond acceptors (Lipinski definition) is 1. The van der Waals surface area contributed by atoms with Crippen molar-refractivity contribution in [2.45, 2.75) is 52.6 Å². The molecule has 130 valence electrons. The predicted molar refractivity (Wildman–Crippen MR) is 95.2 cm³/mol. The third-order valence-electron chi connectivity index (χ3n) is 4.23. The Morgan fingerprint density at radius 1 is 1.12 bits per heavy atom. The molecule has 0 aliphatic rings. The zero-order valence-corrected chi connectivity index (χ0v) is 14.7. The lowest BCUT2D eigenvalue weighted by Crippen LogP contribution is -2.31. The van der Waals surface area contributed by atoms with Gasteiger partial charge in [0, 0.05) is 31.4 Å². The van der Waals surface area contributed by atoms with Crippen LogP contribution in [0.5, 0.6) is 0 Å². The van der Waals surface area contributed by atoms with Gasteiger partial charge in [0.1, 0.15) is 5.82 Å². The topological polar surface area (TPSA) is 25.2 Å². The van der Waals surface area contributed by atoms with Crippen molar-refractivity contribution in [3.05, 3.63) is 59.7 Å². The van der Waals surface area contributed by atoms with Crippen LogP contribution in [0.15, 0.2) is 42.6 Å². The average Bonchev–Trinajstić information content (AvgIpc) is 3.02. The van der Waals surface area contributed by atoms with Gasteiger partial charge in [-0.1, -0.05) is 38.8 Å². The van der Waals surface area contributed by atoms with Gasteiger partial charge in [0.05, 0.1) is 6.54 Å². The van der Waals surface area contributed by atoms with Crippen LogP contribution in [0.3, 0.4) is 0 Å². The highest BCUT2D eigenvalue weighted by atomic mass is 19.1. The summed E-state index contributed by atoms with van der Waals surface area (Å²) < 4.78 is 15.2. The molecule has 0 atom stereocenters. The van der Waals surface area contributed by atoms with Crippen LogP contribution in [-0.2, 0) is 17.9 Å². The van der Waals surface area contributed by atoms with Crippen molar-refractivity contribution in [1.29, 1.82) is 0 Å². The van der Waals surface area contributed by atoms with Gasteiger partial charge in [0.2, 0.25) is 5.91 Å². The summed E-state index contributed by atoms with van der Waals surface area (Å²) in [6.07, 6.45) is 5.88. The Balaban J connectivity index is 2.06. The lowest BCUT2D eigenvalue weighted by Gasteiger charge is -2.23. The minimum Gasteiger partial charge on any atom is -0.345 e. The third-order valence-corrected chi connectivity index (χ3v) is 4.23. The molecule has 2 rings (SSSR count). The number of amides is 1. The molecule has 1 heterocycles. The first-order chi connectivity index (χ1) is 11.6. The number of carbonyl (C=O) groups excluding carboxylic acids is 1. The predicted octanol–water partition coefficient (Wildman–Crippen LogP) is 4.60. The fraction of sp³-hybridized carbons (Fsp3) is 0.450. The van der Waals surface area contributed by atoms with Gasteiger partial charge in [-0.15, -0.1) is 0 Å². The molecule has 0 aliphatic heterocycles. The molecule has 1 aromatic heterocycles. The van der Waals surface area contributed by atoms with Crippen molar-refractivity contribution >= 4 is 5.91 Å². The number of rotatable bonds is 9. The van der Waals surface area contributed by atoms with E-state index in [9.17, 15) is 9.18 Å². The lowest BCUT2D eigenvalue weighted by molar-refractivity contribution is -0.131. The SMILES string of the molecule is CCCCCN(Cc1cccn1Cc1ccc(F)cc1)C(=O)CC. The van der Waals surface area contributed by atoms with E-state index in [4.69, 9.17) is 0 Å². The van der Waals surface area contributed by atoms with E-state index in [-0.39, 0.29) is 11.7 Å². The second kappa shape index (κ2) is 9.26. The zero-order valence-electron chi connectivity index (χ0n) is 14.7. The first-order valence-corrected chi connectivity index (χ1v) is 8.80. The second-order valence-corrected chi connectivity index (χ2v) is 6.13. The van der Waals surface area contributed by atoms with Crippen LogP contribution in [0.25, 0.3) is 0 Å². The average molecular weight is 330 g/mol. The van der Waals surface area contributed by atoms with Crippen LogP contribution in [0.1, 0.15) is 50.8 Å². The van der Waals surface area contributed by atoms with Crippen molar-refractivity contribution in [2.24, 2.45) is 0 Å². The first kappa shape index (κ1) is 18.2. The molecule has 0 spiro atoms. The molecule has 0 N–H and O–H groups in total. The van der Waals surface area contributed by atoms with E-state index in [0.717, 1.165) is 37.1 Å². The van der Waals surface area contributed by atoms with E-state index in [2.05, 4.69) is 17.6 Å². The van der Waals surface area contributed by atoms with Crippen molar-refractivity contribution in [3.63, 3.8) is 0 Å². The fourth-order valence-electron chi connectivity index (χ4n) is 2.80. The zero-order chi connectivity index (χ0) is 17.4. The molecule has 0 saturated heterocycles. The molecule has 0 aliphatic carbocycles. The largest absolute Gasteiger partial charge is 0.345 e. The van der Waals surface area contributed by atoms with Gasteiger partial charge >= 0.3 is 0 Å². The molecule has 0 unspecified atom stereocenters. The normalized spacial score (nSPS) is 10.8.